The first kappa shape index (κ1) is 22.1. The van der Waals surface area contributed by atoms with Gasteiger partial charge in [-0.25, -0.2) is 14.3 Å². The van der Waals surface area contributed by atoms with Gasteiger partial charge in [0.05, 0.1) is 23.6 Å². The smallest absolute Gasteiger partial charge is 0.408 e. The number of anilines is 1. The number of hydrogen-bond acceptors (Lipinski definition) is 5. The van der Waals surface area contributed by atoms with E-state index in [4.69, 9.17) is 4.98 Å². The quantitative estimate of drug-likeness (QED) is 0.672. The van der Waals surface area contributed by atoms with Crippen molar-refractivity contribution in [2.75, 3.05) is 38.1 Å². The molecular formula is C24H32N6O2. The summed E-state index contributed by atoms with van der Waals surface area (Å²) >= 11 is 0. The highest BCUT2D eigenvalue weighted by atomic mass is 16.4. The zero-order valence-corrected chi connectivity index (χ0v) is 19.5. The van der Waals surface area contributed by atoms with Crippen LogP contribution in [0.2, 0.25) is 0 Å². The number of fused-ring (bicyclic) bond motifs is 1. The van der Waals surface area contributed by atoms with Crippen molar-refractivity contribution >= 4 is 17.4 Å². The second-order valence-electron chi connectivity index (χ2n) is 9.58. The van der Waals surface area contributed by atoms with Gasteiger partial charge >= 0.3 is 6.09 Å². The van der Waals surface area contributed by atoms with Gasteiger partial charge in [0.15, 0.2) is 0 Å². The van der Waals surface area contributed by atoms with E-state index < -0.39 is 11.6 Å². The first-order valence-electron chi connectivity index (χ1n) is 11.0. The summed E-state index contributed by atoms with van der Waals surface area (Å²) in [6, 6.07) is 8.13. The molecule has 1 saturated heterocycles. The molecule has 3 heterocycles. The highest BCUT2D eigenvalue weighted by Gasteiger charge is 2.26. The highest BCUT2D eigenvalue weighted by molar-refractivity contribution is 5.78. The SMILES string of the molecule is Cc1cc(-c2nc(N3CCN(C)CC3)cn3nccc23)ccc1CN(C(=O)O)C(C)(C)C. The number of rotatable bonds is 4. The van der Waals surface area contributed by atoms with Gasteiger partial charge in [-0.3, -0.25) is 4.90 Å². The molecule has 0 radical (unpaired) electrons. The number of carbonyl (C=O) groups is 1. The zero-order valence-electron chi connectivity index (χ0n) is 19.5. The third kappa shape index (κ3) is 4.41. The lowest BCUT2D eigenvalue weighted by atomic mass is 10.00. The Balaban J connectivity index is 1.69. The lowest BCUT2D eigenvalue weighted by Gasteiger charge is -2.33. The third-order valence-electron chi connectivity index (χ3n) is 6.19. The summed E-state index contributed by atoms with van der Waals surface area (Å²) < 4.78 is 1.89. The van der Waals surface area contributed by atoms with Gasteiger partial charge in [-0.05, 0) is 58.0 Å². The van der Waals surface area contributed by atoms with Crippen LogP contribution >= 0.6 is 0 Å². The van der Waals surface area contributed by atoms with Gasteiger partial charge in [-0.15, -0.1) is 0 Å². The molecule has 0 unspecified atom stereocenters. The Labute approximate surface area is 189 Å². The normalized spacial score (nSPS) is 15.3. The van der Waals surface area contributed by atoms with Crippen molar-refractivity contribution in [3.05, 3.63) is 47.8 Å². The van der Waals surface area contributed by atoms with Gasteiger partial charge in [-0.1, -0.05) is 12.1 Å². The Bertz CT molecular complexity index is 1130. The average Bonchev–Trinajstić information content (AvgIpc) is 3.20. The molecule has 8 nitrogen and oxygen atoms in total. The van der Waals surface area contributed by atoms with Crippen LogP contribution in [0.25, 0.3) is 16.8 Å². The van der Waals surface area contributed by atoms with Crippen LogP contribution in [0.5, 0.6) is 0 Å². The molecule has 2 aromatic heterocycles. The zero-order chi connectivity index (χ0) is 23.0. The van der Waals surface area contributed by atoms with Crippen molar-refractivity contribution < 1.29 is 9.90 Å². The number of likely N-dealkylation sites (N-methyl/N-ethyl adjacent to an activating group) is 1. The van der Waals surface area contributed by atoms with Gasteiger partial charge in [-0.2, -0.15) is 5.10 Å². The highest BCUT2D eigenvalue weighted by Crippen LogP contribution is 2.29. The molecule has 0 spiro atoms. The molecule has 0 bridgehead atoms. The van der Waals surface area contributed by atoms with Crippen LogP contribution in [0.3, 0.4) is 0 Å². The topological polar surface area (TPSA) is 77.2 Å². The first-order valence-corrected chi connectivity index (χ1v) is 11.0. The number of amides is 1. The fraction of sp³-hybridized carbons (Fsp3) is 0.458. The van der Waals surface area contributed by atoms with E-state index in [2.05, 4.69) is 28.0 Å². The van der Waals surface area contributed by atoms with Gasteiger partial charge in [0.25, 0.3) is 0 Å². The van der Waals surface area contributed by atoms with Crippen molar-refractivity contribution in [3.63, 3.8) is 0 Å². The first-order chi connectivity index (χ1) is 15.1. The van der Waals surface area contributed by atoms with Gasteiger partial charge in [0.1, 0.15) is 5.82 Å². The number of nitrogens with zero attached hydrogens (tertiary/aromatic N) is 6. The molecule has 1 aromatic carbocycles. The molecule has 170 valence electrons. The third-order valence-corrected chi connectivity index (χ3v) is 6.19. The Morgan fingerprint density at radius 2 is 1.88 bits per heavy atom. The number of aromatic nitrogens is 3. The van der Waals surface area contributed by atoms with E-state index >= 15 is 0 Å². The van der Waals surface area contributed by atoms with Crippen molar-refractivity contribution in [2.24, 2.45) is 0 Å². The van der Waals surface area contributed by atoms with Crippen LogP contribution in [-0.4, -0.2) is 74.4 Å². The second-order valence-corrected chi connectivity index (χ2v) is 9.58. The molecular weight excluding hydrogens is 404 g/mol. The summed E-state index contributed by atoms with van der Waals surface area (Å²) in [6.45, 7) is 12.0. The fourth-order valence-electron chi connectivity index (χ4n) is 4.10. The maximum absolute atomic E-state index is 11.8. The Hall–Kier alpha value is -3.13. The van der Waals surface area contributed by atoms with Crippen LogP contribution < -0.4 is 4.90 Å². The number of piperazine rings is 1. The molecule has 1 amide bonds. The molecule has 0 atom stereocenters. The van der Waals surface area contributed by atoms with Crippen molar-refractivity contribution in [1.29, 1.82) is 0 Å². The van der Waals surface area contributed by atoms with E-state index in [0.29, 0.717) is 6.54 Å². The molecule has 32 heavy (non-hydrogen) atoms. The summed E-state index contributed by atoms with van der Waals surface area (Å²) in [4.78, 5) is 22.9. The predicted octanol–water partition coefficient (Wildman–Crippen LogP) is 3.74. The summed E-state index contributed by atoms with van der Waals surface area (Å²) in [7, 11) is 2.14. The number of hydrogen-bond donors (Lipinski definition) is 1. The largest absolute Gasteiger partial charge is 0.465 e. The van der Waals surface area contributed by atoms with E-state index in [1.54, 1.807) is 6.20 Å². The molecule has 1 N–H and O–H groups in total. The van der Waals surface area contributed by atoms with Crippen LogP contribution in [0.15, 0.2) is 36.7 Å². The fourth-order valence-corrected chi connectivity index (χ4v) is 4.10. The molecule has 4 rings (SSSR count). The van der Waals surface area contributed by atoms with Crippen molar-refractivity contribution in [1.82, 2.24) is 24.4 Å². The maximum Gasteiger partial charge on any atom is 0.408 e. The Morgan fingerprint density at radius 1 is 1.16 bits per heavy atom. The Morgan fingerprint density at radius 3 is 2.50 bits per heavy atom. The second kappa shape index (κ2) is 8.43. The van der Waals surface area contributed by atoms with E-state index in [-0.39, 0.29) is 0 Å². The van der Waals surface area contributed by atoms with Crippen LogP contribution in [0.1, 0.15) is 31.9 Å². The maximum atomic E-state index is 11.8. The van der Waals surface area contributed by atoms with E-state index in [9.17, 15) is 9.90 Å². The molecule has 0 saturated carbocycles. The standard InChI is InChI=1S/C24H32N6O2/c1-17-14-18(6-7-19(17)15-29(23(31)32)24(2,3)4)22-20-8-9-25-30(20)16-21(26-22)28-12-10-27(5)11-13-28/h6-9,14,16H,10-13,15H2,1-5H3,(H,31,32). The number of aryl methyl sites for hydroxylation is 1. The predicted molar refractivity (Wildman–Crippen MR) is 126 cm³/mol. The number of carboxylic acid groups (broad SMARTS) is 1. The minimum atomic E-state index is -0.913. The van der Waals surface area contributed by atoms with E-state index in [1.807, 2.05) is 56.6 Å². The van der Waals surface area contributed by atoms with Gasteiger partial charge < -0.3 is 14.9 Å². The molecule has 1 aliphatic heterocycles. The lowest BCUT2D eigenvalue weighted by Crippen LogP contribution is -2.45. The van der Waals surface area contributed by atoms with Crippen LogP contribution in [-0.2, 0) is 6.54 Å². The Kier molecular flexibility index (Phi) is 5.81. The average molecular weight is 437 g/mol. The van der Waals surface area contributed by atoms with Gasteiger partial charge in [0.2, 0.25) is 0 Å². The molecule has 8 heteroatoms. The molecule has 1 fully saturated rings. The minimum absolute atomic E-state index is 0.349. The summed E-state index contributed by atoms with van der Waals surface area (Å²) in [6.07, 6.45) is 2.88. The van der Waals surface area contributed by atoms with Crippen molar-refractivity contribution in [3.8, 4) is 11.3 Å². The van der Waals surface area contributed by atoms with Gasteiger partial charge in [0, 0.05) is 43.8 Å². The molecule has 1 aliphatic rings. The number of benzene rings is 1. The summed E-state index contributed by atoms with van der Waals surface area (Å²) in [5.41, 5.74) is 4.41. The van der Waals surface area contributed by atoms with Crippen molar-refractivity contribution in [2.45, 2.75) is 39.8 Å². The van der Waals surface area contributed by atoms with Crippen LogP contribution in [0.4, 0.5) is 10.6 Å². The monoisotopic (exact) mass is 436 g/mol. The molecule has 3 aromatic rings. The summed E-state index contributed by atoms with van der Waals surface area (Å²) in [5, 5.41) is 14.1. The lowest BCUT2D eigenvalue weighted by molar-refractivity contribution is 0.0954. The van der Waals surface area contributed by atoms with E-state index in [0.717, 1.165) is 59.9 Å². The summed E-state index contributed by atoms with van der Waals surface area (Å²) in [5.74, 6) is 0.927. The molecule has 0 aliphatic carbocycles. The minimum Gasteiger partial charge on any atom is -0.465 e. The van der Waals surface area contributed by atoms with Crippen LogP contribution in [0, 0.1) is 6.92 Å². The van der Waals surface area contributed by atoms with E-state index in [1.165, 1.54) is 4.90 Å².